The lowest BCUT2D eigenvalue weighted by molar-refractivity contribution is -0.939. The van der Waals surface area contributed by atoms with Gasteiger partial charge in [-0.15, -0.1) is 11.3 Å². The van der Waals surface area contributed by atoms with E-state index in [1.165, 1.54) is 6.42 Å². The fourth-order valence-electron chi connectivity index (χ4n) is 6.14. The van der Waals surface area contributed by atoms with Crippen LogP contribution in [-0.2, 0) is 19.9 Å². The van der Waals surface area contributed by atoms with Crippen LogP contribution in [0.2, 0.25) is 0 Å². The van der Waals surface area contributed by atoms with Crippen molar-refractivity contribution in [3.8, 4) is 0 Å². The Morgan fingerprint density at radius 3 is 2.46 bits per heavy atom. The van der Waals surface area contributed by atoms with Crippen LogP contribution in [0.3, 0.4) is 0 Å². The first-order valence-corrected chi connectivity index (χ1v) is 13.6. The van der Waals surface area contributed by atoms with E-state index in [2.05, 4.69) is 16.3 Å². The lowest BCUT2D eigenvalue weighted by Gasteiger charge is -2.52. The molecule has 4 aliphatic heterocycles. The summed E-state index contributed by atoms with van der Waals surface area (Å²) in [4.78, 5) is 30.1. The van der Waals surface area contributed by atoms with Crippen LogP contribution in [0.4, 0.5) is 5.69 Å². The summed E-state index contributed by atoms with van der Waals surface area (Å²) >= 11 is 1.64. The Morgan fingerprint density at radius 2 is 1.80 bits per heavy atom. The van der Waals surface area contributed by atoms with Gasteiger partial charge in [0, 0.05) is 29.3 Å². The number of hydrogen-bond donors (Lipinski definition) is 1. The Balaban J connectivity index is 0.00000289. The molecule has 1 amide bonds. The van der Waals surface area contributed by atoms with E-state index in [4.69, 9.17) is 4.74 Å². The van der Waals surface area contributed by atoms with E-state index in [0.717, 1.165) is 69.0 Å². The Labute approximate surface area is 218 Å². The van der Waals surface area contributed by atoms with Crippen LogP contribution in [-0.4, -0.2) is 66.6 Å². The summed E-state index contributed by atoms with van der Waals surface area (Å²) in [5.41, 5.74) is 0.0877. The summed E-state index contributed by atoms with van der Waals surface area (Å²) in [7, 11) is 0. The summed E-state index contributed by atoms with van der Waals surface area (Å²) < 4.78 is 7.09. The van der Waals surface area contributed by atoms with Gasteiger partial charge >= 0.3 is 5.97 Å². The number of carbonyl (C=O) groups excluding carboxylic acids is 2. The summed E-state index contributed by atoms with van der Waals surface area (Å²) in [6.45, 7) is 7.04. The van der Waals surface area contributed by atoms with Crippen LogP contribution >= 0.6 is 11.3 Å². The molecule has 2 atom stereocenters. The number of benzene rings is 1. The largest absolute Gasteiger partial charge is 1.00 e. The average Bonchev–Trinajstić information content (AvgIpc) is 3.40. The van der Waals surface area contributed by atoms with Crippen molar-refractivity contribution in [3.05, 3.63) is 52.7 Å². The van der Waals surface area contributed by atoms with E-state index in [9.17, 15) is 9.59 Å². The van der Waals surface area contributed by atoms with Gasteiger partial charge in [0.05, 0.1) is 13.1 Å². The number of ether oxygens (including phenoxy) is 1. The van der Waals surface area contributed by atoms with Gasteiger partial charge in [0.2, 0.25) is 0 Å². The van der Waals surface area contributed by atoms with Gasteiger partial charge in [0.25, 0.3) is 5.91 Å². The summed E-state index contributed by atoms with van der Waals surface area (Å²) in [6, 6.07) is 13.7. The molecule has 4 aliphatic rings. The fraction of sp³-hybridized carbons (Fsp3) is 0.556. The smallest absolute Gasteiger partial charge is 0.332 e. The van der Waals surface area contributed by atoms with Gasteiger partial charge in [-0.3, -0.25) is 9.69 Å². The van der Waals surface area contributed by atoms with Crippen LogP contribution in [0.15, 0.2) is 47.8 Å². The Hall–Kier alpha value is -1.93. The fourth-order valence-corrected chi connectivity index (χ4v) is 7.04. The normalized spacial score (nSPS) is 27.9. The lowest BCUT2D eigenvalue weighted by atomic mass is 9.83. The number of piperidine rings is 4. The molecule has 2 aromatic rings. The highest BCUT2D eigenvalue weighted by molar-refractivity contribution is 7.10. The maximum absolute atomic E-state index is 13.8. The zero-order chi connectivity index (χ0) is 23.6. The van der Waals surface area contributed by atoms with Gasteiger partial charge in [-0.1, -0.05) is 30.7 Å². The number of anilines is 1. The van der Waals surface area contributed by atoms with E-state index >= 15 is 0 Å². The third-order valence-corrected chi connectivity index (χ3v) is 9.30. The average molecular weight is 518 g/mol. The van der Waals surface area contributed by atoms with Crippen molar-refractivity contribution in [3.63, 3.8) is 0 Å². The van der Waals surface area contributed by atoms with Gasteiger partial charge in [-0.05, 0) is 56.4 Å². The number of carbonyl (C=O) groups is 2. The second-order valence-electron chi connectivity index (χ2n) is 10.4. The van der Waals surface area contributed by atoms with Gasteiger partial charge in [0.15, 0.2) is 18.2 Å². The number of halogens is 1. The molecule has 6 rings (SSSR count). The van der Waals surface area contributed by atoms with Crippen molar-refractivity contribution in [1.29, 1.82) is 0 Å². The van der Waals surface area contributed by atoms with Crippen LogP contribution < -0.4 is 17.7 Å². The first-order chi connectivity index (χ1) is 16.5. The molecule has 4 fully saturated rings. The number of thiophene rings is 1. The number of para-hydroxylation sites is 1. The number of rotatable bonds is 7. The number of esters is 1. The predicted octanol–water partition coefficient (Wildman–Crippen LogP) is 1.24. The standard InChI is InChI=1S/C27H35N3O3S.ClH/c1-27(24-11-8-18-34-24,29-14-6-3-7-15-29)26(32)33-23-19-30(16-12-21(23)13-17-30)20-25(31)28-22-9-4-2-5-10-22;/h2,4-5,8-11,18,21,23H,3,6-7,12-17,19-20H2,1H3;1H/t21?,23-,27?,30?;/m0./s1. The molecule has 4 saturated heterocycles. The molecular weight excluding hydrogens is 482 g/mol. The minimum Gasteiger partial charge on any atom is -1.00 e. The highest BCUT2D eigenvalue weighted by Crippen LogP contribution is 2.39. The molecule has 1 aromatic heterocycles. The van der Waals surface area contributed by atoms with Crippen LogP contribution in [0, 0.1) is 5.92 Å². The minimum absolute atomic E-state index is 0. The summed E-state index contributed by atoms with van der Waals surface area (Å²) in [6.07, 6.45) is 5.37. The maximum Gasteiger partial charge on any atom is 0.332 e. The van der Waals surface area contributed by atoms with Crippen molar-refractivity contribution >= 4 is 28.9 Å². The van der Waals surface area contributed by atoms with Gasteiger partial charge < -0.3 is 26.9 Å². The molecule has 1 N–H and O–H groups in total. The summed E-state index contributed by atoms with van der Waals surface area (Å²) in [5.74, 6) is 0.311. The van der Waals surface area contributed by atoms with Gasteiger partial charge in [-0.2, -0.15) is 0 Å². The monoisotopic (exact) mass is 517 g/mol. The van der Waals surface area contributed by atoms with Crippen molar-refractivity contribution < 1.29 is 31.2 Å². The van der Waals surface area contributed by atoms with E-state index in [0.29, 0.717) is 16.9 Å². The highest BCUT2D eigenvalue weighted by Gasteiger charge is 2.51. The highest BCUT2D eigenvalue weighted by atomic mass is 35.5. The third-order valence-electron chi connectivity index (χ3n) is 8.22. The van der Waals surface area contributed by atoms with Crippen LogP contribution in [0.25, 0.3) is 0 Å². The molecule has 8 heteroatoms. The second-order valence-corrected chi connectivity index (χ2v) is 11.4. The molecule has 0 saturated carbocycles. The number of quaternary nitrogens is 1. The molecular formula is C27H36ClN3O3S. The topological polar surface area (TPSA) is 58.6 Å². The number of nitrogens with one attached hydrogen (secondary N) is 1. The molecule has 190 valence electrons. The van der Waals surface area contributed by atoms with Crippen molar-refractivity contribution in [2.24, 2.45) is 5.92 Å². The van der Waals surface area contributed by atoms with E-state index < -0.39 is 5.54 Å². The number of hydrogen-bond acceptors (Lipinski definition) is 5. The zero-order valence-corrected chi connectivity index (χ0v) is 22.0. The van der Waals surface area contributed by atoms with Crippen LogP contribution in [0.1, 0.15) is 43.9 Å². The molecule has 1 unspecified atom stereocenters. The van der Waals surface area contributed by atoms with Gasteiger partial charge in [-0.25, -0.2) is 4.79 Å². The molecule has 5 heterocycles. The Morgan fingerprint density at radius 1 is 1.09 bits per heavy atom. The first kappa shape index (κ1) is 26.1. The van der Waals surface area contributed by atoms with Gasteiger partial charge in [0.1, 0.15) is 6.54 Å². The predicted molar refractivity (Wildman–Crippen MR) is 134 cm³/mol. The molecule has 0 spiro atoms. The molecule has 0 aliphatic carbocycles. The Kier molecular flexibility index (Phi) is 8.21. The maximum atomic E-state index is 13.8. The summed E-state index contributed by atoms with van der Waals surface area (Å²) in [5, 5.41) is 5.09. The number of likely N-dealkylation sites (tertiary alicyclic amines) is 1. The van der Waals surface area contributed by atoms with Crippen molar-refractivity contribution in [1.82, 2.24) is 4.90 Å². The Bertz CT molecular complexity index is 988. The number of fused-ring (bicyclic) bond motifs is 3. The number of nitrogens with zero attached hydrogens (tertiary/aromatic N) is 2. The van der Waals surface area contributed by atoms with Crippen LogP contribution in [0.5, 0.6) is 0 Å². The first-order valence-electron chi connectivity index (χ1n) is 12.7. The SMILES string of the molecule is CC(C(=O)O[C@H]1C[N+]2(CC(=O)Nc3ccccc3)CCC1CC2)(c1cccs1)N1CCCCC1.[Cl-]. The number of amides is 1. The molecule has 35 heavy (non-hydrogen) atoms. The minimum atomic E-state index is -0.740. The lowest BCUT2D eigenvalue weighted by Crippen LogP contribution is -3.00. The second kappa shape index (κ2) is 11.0. The molecule has 6 nitrogen and oxygen atoms in total. The quantitative estimate of drug-likeness (QED) is 0.443. The van der Waals surface area contributed by atoms with E-state index in [-0.39, 0.29) is 30.4 Å². The molecule has 0 radical (unpaired) electrons. The third kappa shape index (κ3) is 5.43. The zero-order valence-electron chi connectivity index (χ0n) is 20.5. The van der Waals surface area contributed by atoms with E-state index in [1.54, 1.807) is 11.3 Å². The van der Waals surface area contributed by atoms with Crippen molar-refractivity contribution in [2.45, 2.75) is 50.7 Å². The molecule has 2 bridgehead atoms. The van der Waals surface area contributed by atoms with E-state index in [1.807, 2.05) is 48.7 Å². The van der Waals surface area contributed by atoms with Crippen molar-refractivity contribution in [2.75, 3.05) is 44.6 Å². The molecule has 1 aromatic carbocycles.